The molecule has 0 unspecified atom stereocenters. The van der Waals surface area contributed by atoms with E-state index in [2.05, 4.69) is 0 Å². The van der Waals surface area contributed by atoms with Crippen LogP contribution in [0.1, 0.15) is 36.3 Å². The first kappa shape index (κ1) is 14.0. The van der Waals surface area contributed by atoms with E-state index in [1.807, 2.05) is 23.8 Å². The number of aromatic hydroxyl groups is 1. The molecular formula is C16H17ClN2O2. The second kappa shape index (κ2) is 5.45. The Bertz CT molecular complexity index is 677. The summed E-state index contributed by atoms with van der Waals surface area (Å²) in [5, 5.41) is 10.2. The summed E-state index contributed by atoms with van der Waals surface area (Å²) in [6, 6.07) is 8.83. The van der Waals surface area contributed by atoms with Gasteiger partial charge in [0.05, 0.1) is 5.02 Å². The van der Waals surface area contributed by atoms with Crippen molar-refractivity contribution >= 4 is 23.2 Å². The van der Waals surface area contributed by atoms with Gasteiger partial charge in [0, 0.05) is 30.5 Å². The molecule has 1 heterocycles. The maximum atomic E-state index is 12.8. The van der Waals surface area contributed by atoms with Crippen molar-refractivity contribution < 1.29 is 9.90 Å². The molecule has 1 aliphatic rings. The largest absolute Gasteiger partial charge is 0.508 e. The van der Waals surface area contributed by atoms with Gasteiger partial charge in [-0.15, -0.1) is 0 Å². The van der Waals surface area contributed by atoms with Crippen LogP contribution in [-0.2, 0) is 0 Å². The lowest BCUT2D eigenvalue weighted by atomic mass is 10.2. The minimum absolute atomic E-state index is 0.0955. The second-order valence-corrected chi connectivity index (χ2v) is 5.69. The van der Waals surface area contributed by atoms with Crippen molar-refractivity contribution in [1.82, 2.24) is 4.57 Å². The number of amides is 1. The van der Waals surface area contributed by atoms with Crippen LogP contribution in [0.3, 0.4) is 0 Å². The zero-order valence-corrected chi connectivity index (χ0v) is 12.5. The number of rotatable bonds is 4. The molecule has 4 nitrogen and oxygen atoms in total. The molecule has 0 bridgehead atoms. The van der Waals surface area contributed by atoms with Crippen LogP contribution in [0.4, 0.5) is 5.69 Å². The van der Waals surface area contributed by atoms with E-state index in [9.17, 15) is 9.90 Å². The molecule has 1 saturated carbocycles. The quantitative estimate of drug-likeness (QED) is 0.932. The summed E-state index contributed by atoms with van der Waals surface area (Å²) in [7, 11) is 0. The minimum Gasteiger partial charge on any atom is -0.508 e. The molecule has 1 fully saturated rings. The Labute approximate surface area is 128 Å². The number of carbonyl (C=O) groups is 1. The van der Waals surface area contributed by atoms with Gasteiger partial charge in [0.15, 0.2) is 0 Å². The van der Waals surface area contributed by atoms with Crippen LogP contribution in [0.2, 0.25) is 5.02 Å². The van der Waals surface area contributed by atoms with E-state index in [1.54, 1.807) is 29.2 Å². The van der Waals surface area contributed by atoms with Crippen molar-refractivity contribution in [3.8, 4) is 5.75 Å². The third-order valence-electron chi connectivity index (χ3n) is 3.68. The fraction of sp³-hybridized carbons (Fsp3) is 0.312. The first-order valence-electron chi connectivity index (χ1n) is 7.08. The SMILES string of the molecule is CCN(C(=O)c1cc(Cl)cn1C1CC1)c1cccc(O)c1. The summed E-state index contributed by atoms with van der Waals surface area (Å²) in [6.07, 6.45) is 4.00. The van der Waals surface area contributed by atoms with Crippen LogP contribution < -0.4 is 4.90 Å². The van der Waals surface area contributed by atoms with Crippen LogP contribution in [0.15, 0.2) is 36.5 Å². The Morgan fingerprint density at radius 2 is 2.19 bits per heavy atom. The van der Waals surface area contributed by atoms with E-state index in [0.717, 1.165) is 12.8 Å². The molecular weight excluding hydrogens is 288 g/mol. The van der Waals surface area contributed by atoms with Crippen molar-refractivity contribution in [2.75, 3.05) is 11.4 Å². The molecule has 0 aliphatic heterocycles. The van der Waals surface area contributed by atoms with Gasteiger partial charge in [-0.2, -0.15) is 0 Å². The maximum absolute atomic E-state index is 12.8. The number of hydrogen-bond acceptors (Lipinski definition) is 2. The molecule has 0 radical (unpaired) electrons. The highest BCUT2D eigenvalue weighted by Gasteiger charge is 2.29. The molecule has 1 amide bonds. The fourth-order valence-electron chi connectivity index (χ4n) is 2.51. The Morgan fingerprint density at radius 3 is 2.81 bits per heavy atom. The number of phenolic OH excluding ortho intramolecular Hbond substituents is 1. The van der Waals surface area contributed by atoms with Crippen molar-refractivity contribution in [2.24, 2.45) is 0 Å². The predicted octanol–water partition coefficient (Wildman–Crippen LogP) is 3.85. The zero-order chi connectivity index (χ0) is 15.0. The predicted molar refractivity (Wildman–Crippen MR) is 83.2 cm³/mol. The summed E-state index contributed by atoms with van der Waals surface area (Å²) in [6.45, 7) is 2.43. The number of halogens is 1. The molecule has 2 aromatic rings. The lowest BCUT2D eigenvalue weighted by Crippen LogP contribution is -2.32. The Hall–Kier alpha value is -1.94. The number of aromatic nitrogens is 1. The molecule has 5 heteroatoms. The number of nitrogens with zero attached hydrogens (tertiary/aromatic N) is 2. The molecule has 0 atom stereocenters. The van der Waals surface area contributed by atoms with E-state index in [0.29, 0.717) is 29.0 Å². The van der Waals surface area contributed by atoms with Gasteiger partial charge in [-0.05, 0) is 38.0 Å². The molecule has 110 valence electrons. The number of benzene rings is 1. The zero-order valence-electron chi connectivity index (χ0n) is 11.8. The number of hydrogen-bond donors (Lipinski definition) is 1. The first-order chi connectivity index (χ1) is 10.1. The summed E-state index contributed by atoms with van der Waals surface area (Å²) in [5.74, 6) is 0.0521. The van der Waals surface area contributed by atoms with Crippen molar-refractivity contribution in [1.29, 1.82) is 0 Å². The molecule has 0 saturated heterocycles. The topological polar surface area (TPSA) is 45.5 Å². The van der Waals surface area contributed by atoms with Gasteiger partial charge in [0.2, 0.25) is 0 Å². The maximum Gasteiger partial charge on any atom is 0.274 e. The highest BCUT2D eigenvalue weighted by Crippen LogP contribution is 2.38. The van der Waals surface area contributed by atoms with Gasteiger partial charge < -0.3 is 14.6 Å². The lowest BCUT2D eigenvalue weighted by molar-refractivity contribution is 0.0979. The van der Waals surface area contributed by atoms with Crippen molar-refractivity contribution in [2.45, 2.75) is 25.8 Å². The Morgan fingerprint density at radius 1 is 1.43 bits per heavy atom. The summed E-state index contributed by atoms with van der Waals surface area (Å²) in [4.78, 5) is 14.5. The molecule has 3 rings (SSSR count). The summed E-state index contributed by atoms with van der Waals surface area (Å²) < 4.78 is 1.97. The first-order valence-corrected chi connectivity index (χ1v) is 7.46. The van der Waals surface area contributed by atoms with E-state index >= 15 is 0 Å². The number of phenols is 1. The Kier molecular flexibility index (Phi) is 3.64. The van der Waals surface area contributed by atoms with E-state index in [4.69, 9.17) is 11.6 Å². The average molecular weight is 305 g/mol. The van der Waals surface area contributed by atoms with E-state index in [-0.39, 0.29) is 11.7 Å². The molecule has 0 spiro atoms. The van der Waals surface area contributed by atoms with Crippen LogP contribution in [0.25, 0.3) is 0 Å². The molecule has 1 aliphatic carbocycles. The van der Waals surface area contributed by atoms with Crippen LogP contribution in [0, 0.1) is 0 Å². The van der Waals surface area contributed by atoms with Crippen LogP contribution in [0.5, 0.6) is 5.75 Å². The van der Waals surface area contributed by atoms with Gasteiger partial charge >= 0.3 is 0 Å². The van der Waals surface area contributed by atoms with Crippen LogP contribution in [-0.4, -0.2) is 22.1 Å². The van der Waals surface area contributed by atoms with Gasteiger partial charge in [0.1, 0.15) is 11.4 Å². The van der Waals surface area contributed by atoms with Gasteiger partial charge in [-0.3, -0.25) is 4.79 Å². The number of anilines is 1. The Balaban J connectivity index is 1.96. The highest BCUT2D eigenvalue weighted by molar-refractivity contribution is 6.31. The molecule has 1 aromatic carbocycles. The average Bonchev–Trinajstić information content (AvgIpc) is 3.22. The number of carbonyl (C=O) groups excluding carboxylic acids is 1. The van der Waals surface area contributed by atoms with Gasteiger partial charge in [-0.1, -0.05) is 17.7 Å². The molecule has 1 N–H and O–H groups in total. The standard InChI is InChI=1S/C16H17ClN2O2/c1-2-18(13-4-3-5-14(20)9-13)16(21)15-8-11(17)10-19(15)12-6-7-12/h3-5,8-10,12,20H,2,6-7H2,1H3. The summed E-state index contributed by atoms with van der Waals surface area (Å²) >= 11 is 6.07. The second-order valence-electron chi connectivity index (χ2n) is 5.25. The lowest BCUT2D eigenvalue weighted by Gasteiger charge is -2.22. The molecule has 21 heavy (non-hydrogen) atoms. The molecule has 1 aromatic heterocycles. The van der Waals surface area contributed by atoms with E-state index < -0.39 is 0 Å². The highest BCUT2D eigenvalue weighted by atomic mass is 35.5. The third kappa shape index (κ3) is 2.76. The van der Waals surface area contributed by atoms with Crippen LogP contribution >= 0.6 is 11.6 Å². The van der Waals surface area contributed by atoms with Crippen molar-refractivity contribution in [3.05, 3.63) is 47.2 Å². The minimum atomic E-state index is -0.0955. The monoisotopic (exact) mass is 304 g/mol. The normalized spacial score (nSPS) is 14.2. The van der Waals surface area contributed by atoms with Crippen molar-refractivity contribution in [3.63, 3.8) is 0 Å². The van der Waals surface area contributed by atoms with E-state index in [1.165, 1.54) is 0 Å². The fourth-order valence-corrected chi connectivity index (χ4v) is 2.72. The van der Waals surface area contributed by atoms with Gasteiger partial charge in [-0.25, -0.2) is 0 Å². The smallest absolute Gasteiger partial charge is 0.274 e. The summed E-state index contributed by atoms with van der Waals surface area (Å²) in [5.41, 5.74) is 1.29. The van der Waals surface area contributed by atoms with Gasteiger partial charge in [0.25, 0.3) is 5.91 Å². The third-order valence-corrected chi connectivity index (χ3v) is 3.88.